The van der Waals surface area contributed by atoms with Gasteiger partial charge in [0.2, 0.25) is 5.88 Å². The molecule has 1 aliphatic carbocycles. The maximum absolute atomic E-state index is 12.9. The van der Waals surface area contributed by atoms with Crippen molar-refractivity contribution in [3.63, 3.8) is 0 Å². The van der Waals surface area contributed by atoms with Crippen molar-refractivity contribution in [1.29, 1.82) is 0 Å². The molecule has 0 N–H and O–H groups in total. The number of aromatic nitrogens is 4. The van der Waals surface area contributed by atoms with Crippen molar-refractivity contribution < 1.29 is 17.9 Å². The number of ether oxygens (including phenoxy) is 1. The van der Waals surface area contributed by atoms with Gasteiger partial charge in [-0.25, -0.2) is 17.9 Å². The van der Waals surface area contributed by atoms with Gasteiger partial charge in [-0.2, -0.15) is 10.2 Å². The zero-order valence-electron chi connectivity index (χ0n) is 16.3. The van der Waals surface area contributed by atoms with Crippen LogP contribution in [0.5, 0.6) is 5.88 Å². The second-order valence-corrected chi connectivity index (χ2v) is 10.7. The van der Waals surface area contributed by atoms with Gasteiger partial charge in [0.1, 0.15) is 0 Å². The first-order chi connectivity index (χ1) is 14.7. The molecule has 0 amide bonds. The minimum atomic E-state index is -3.61. The summed E-state index contributed by atoms with van der Waals surface area (Å²) in [4.78, 5) is 12.9. The highest BCUT2D eigenvalue weighted by Crippen LogP contribution is 2.40. The van der Waals surface area contributed by atoms with Crippen molar-refractivity contribution in [2.24, 2.45) is 0 Å². The van der Waals surface area contributed by atoms with Crippen LogP contribution in [-0.4, -0.2) is 40.2 Å². The fourth-order valence-electron chi connectivity index (χ4n) is 3.16. The van der Waals surface area contributed by atoms with E-state index in [1.807, 2.05) is 0 Å². The number of nitrogens with zero attached hydrogens (tertiary/aromatic N) is 4. The first-order valence-corrected chi connectivity index (χ1v) is 13.4. The number of sulfone groups is 1. The van der Waals surface area contributed by atoms with E-state index < -0.39 is 15.8 Å². The Bertz CT molecular complexity index is 1270. The van der Waals surface area contributed by atoms with Gasteiger partial charge in [0.15, 0.2) is 9.84 Å². The summed E-state index contributed by atoms with van der Waals surface area (Å²) in [5.41, 5.74) is 1.19. The van der Waals surface area contributed by atoms with E-state index in [9.17, 15) is 13.2 Å². The molecule has 0 saturated heterocycles. The number of carbonyl (C=O) groups excluding carboxylic acids is 1. The quantitative estimate of drug-likeness (QED) is 0.230. The van der Waals surface area contributed by atoms with Gasteiger partial charge in [-0.05, 0) is 25.0 Å². The number of hydrogen-bond acceptors (Lipinski definition) is 6. The Hall–Kier alpha value is -1.63. The molecule has 8 nitrogen and oxygen atoms in total. The molecule has 0 radical (unpaired) electrons. The number of alkyl halides is 1. The van der Waals surface area contributed by atoms with Crippen LogP contribution in [0, 0.1) is 0 Å². The minimum Gasteiger partial charge on any atom is -0.404 e. The van der Waals surface area contributed by atoms with Crippen LogP contribution in [-0.2, 0) is 20.9 Å². The van der Waals surface area contributed by atoms with Gasteiger partial charge >= 0.3 is 5.97 Å². The lowest BCUT2D eigenvalue weighted by Gasteiger charge is -2.14. The van der Waals surface area contributed by atoms with E-state index in [2.05, 4.69) is 32.8 Å². The average molecular weight is 595 g/mol. The fraction of sp³-hybridized carbons (Fsp3) is 0.316. The molecule has 1 fully saturated rings. The zero-order valence-corrected chi connectivity index (χ0v) is 20.7. The standard InChI is InChI=1S/C19H17Cl2IN4O4S/c1-31(28,29)16-5-4-13(18(21)14(16)9-25-8-12(20)7-23-25)19(27)30-17-6-15(11-2-3-11)24-26(17)10-22/h4-8,11H,2-3,9-10H2,1H3. The summed E-state index contributed by atoms with van der Waals surface area (Å²) in [5, 5.41) is 8.93. The minimum absolute atomic E-state index is 0.00833. The molecule has 0 atom stereocenters. The number of carbonyl (C=O) groups is 1. The lowest BCUT2D eigenvalue weighted by Crippen LogP contribution is -2.15. The van der Waals surface area contributed by atoms with Gasteiger partial charge in [0, 0.05) is 30.0 Å². The Labute approximate surface area is 202 Å². The molecule has 12 heteroatoms. The van der Waals surface area contributed by atoms with Crippen LogP contribution in [0.25, 0.3) is 0 Å². The molecular formula is C19H17Cl2IN4O4S. The number of halogens is 3. The van der Waals surface area contributed by atoms with E-state index in [1.54, 1.807) is 10.7 Å². The summed E-state index contributed by atoms with van der Waals surface area (Å²) in [6, 6.07) is 4.47. The normalized spacial score (nSPS) is 14.1. The average Bonchev–Trinajstić information content (AvgIpc) is 3.35. The van der Waals surface area contributed by atoms with Crippen molar-refractivity contribution in [1.82, 2.24) is 19.6 Å². The highest BCUT2D eigenvalue weighted by Gasteiger charge is 2.29. The lowest BCUT2D eigenvalue weighted by molar-refractivity contribution is 0.0720. The van der Waals surface area contributed by atoms with Gasteiger partial charge in [-0.15, -0.1) is 0 Å². The van der Waals surface area contributed by atoms with Crippen LogP contribution in [0.3, 0.4) is 0 Å². The Morgan fingerprint density at radius 3 is 2.65 bits per heavy atom. The third kappa shape index (κ3) is 4.91. The monoisotopic (exact) mass is 594 g/mol. The van der Waals surface area contributed by atoms with Crippen LogP contribution in [0.2, 0.25) is 10.0 Å². The van der Waals surface area contributed by atoms with E-state index in [0.717, 1.165) is 24.8 Å². The highest BCUT2D eigenvalue weighted by atomic mass is 127. The summed E-state index contributed by atoms with van der Waals surface area (Å²) >= 11 is 14.6. The Balaban J connectivity index is 1.69. The maximum Gasteiger partial charge on any atom is 0.346 e. The second-order valence-electron chi connectivity index (χ2n) is 7.22. The molecule has 0 spiro atoms. The second kappa shape index (κ2) is 8.72. The van der Waals surface area contributed by atoms with E-state index in [1.165, 1.54) is 29.2 Å². The van der Waals surface area contributed by atoms with Crippen LogP contribution in [0.1, 0.15) is 40.4 Å². The molecule has 31 heavy (non-hydrogen) atoms. The SMILES string of the molecule is CS(=O)(=O)c1ccc(C(=O)Oc2cc(C3CC3)nn2CI)c(Cl)c1Cn1cc(Cl)cn1. The fourth-order valence-corrected chi connectivity index (χ4v) is 5.09. The number of esters is 1. The van der Waals surface area contributed by atoms with Crippen molar-refractivity contribution >= 4 is 61.6 Å². The third-order valence-corrected chi connectivity index (χ3v) is 7.26. The van der Waals surface area contributed by atoms with E-state index in [-0.39, 0.29) is 27.6 Å². The van der Waals surface area contributed by atoms with E-state index >= 15 is 0 Å². The molecule has 4 rings (SSSR count). The maximum atomic E-state index is 12.9. The predicted molar refractivity (Wildman–Crippen MR) is 124 cm³/mol. The molecule has 0 unspecified atom stereocenters. The molecule has 2 aromatic heterocycles. The third-order valence-electron chi connectivity index (χ3n) is 4.81. The molecule has 1 aromatic carbocycles. The van der Waals surface area contributed by atoms with Gasteiger partial charge in [0.05, 0.1) is 43.5 Å². The topological polar surface area (TPSA) is 96.1 Å². The predicted octanol–water partition coefficient (Wildman–Crippen LogP) is 4.33. The number of benzene rings is 1. The van der Waals surface area contributed by atoms with Crippen LogP contribution < -0.4 is 4.74 Å². The first kappa shape index (κ1) is 22.6. The molecule has 1 aliphatic rings. The van der Waals surface area contributed by atoms with E-state index in [4.69, 9.17) is 27.9 Å². The Kier molecular flexibility index (Phi) is 6.35. The lowest BCUT2D eigenvalue weighted by atomic mass is 10.1. The summed E-state index contributed by atoms with van der Waals surface area (Å²) in [7, 11) is -3.61. The first-order valence-electron chi connectivity index (χ1n) is 9.22. The van der Waals surface area contributed by atoms with Crippen LogP contribution in [0.4, 0.5) is 0 Å². The van der Waals surface area contributed by atoms with Crippen LogP contribution >= 0.6 is 45.8 Å². The summed E-state index contributed by atoms with van der Waals surface area (Å²) < 4.78 is 33.7. The molecule has 0 aliphatic heterocycles. The smallest absolute Gasteiger partial charge is 0.346 e. The van der Waals surface area contributed by atoms with Crippen molar-refractivity contribution in [3.8, 4) is 5.88 Å². The summed E-state index contributed by atoms with van der Waals surface area (Å²) in [5.74, 6) is 0.0369. The zero-order chi connectivity index (χ0) is 22.3. The molecule has 164 valence electrons. The van der Waals surface area contributed by atoms with Crippen LogP contribution in [0.15, 0.2) is 35.5 Å². The largest absolute Gasteiger partial charge is 0.404 e. The number of rotatable bonds is 7. The molecule has 0 bridgehead atoms. The van der Waals surface area contributed by atoms with Gasteiger partial charge < -0.3 is 4.74 Å². The molecule has 2 heterocycles. The Morgan fingerprint density at radius 2 is 2.06 bits per heavy atom. The van der Waals surface area contributed by atoms with Crippen molar-refractivity contribution in [2.45, 2.75) is 34.8 Å². The number of hydrogen-bond donors (Lipinski definition) is 0. The molecular weight excluding hydrogens is 578 g/mol. The van der Waals surface area contributed by atoms with Crippen molar-refractivity contribution in [2.75, 3.05) is 6.26 Å². The highest BCUT2D eigenvalue weighted by molar-refractivity contribution is 14.1. The summed E-state index contributed by atoms with van der Waals surface area (Å²) in [6.07, 6.45) is 6.19. The van der Waals surface area contributed by atoms with Gasteiger partial charge in [-0.3, -0.25) is 4.68 Å². The summed E-state index contributed by atoms with van der Waals surface area (Å²) in [6.45, 7) is 0.0204. The van der Waals surface area contributed by atoms with Gasteiger partial charge in [0.25, 0.3) is 0 Å². The Morgan fingerprint density at radius 1 is 1.32 bits per heavy atom. The molecule has 1 saturated carbocycles. The van der Waals surface area contributed by atoms with E-state index in [0.29, 0.717) is 21.4 Å². The van der Waals surface area contributed by atoms with Gasteiger partial charge in [-0.1, -0.05) is 45.8 Å². The molecule has 3 aromatic rings. The van der Waals surface area contributed by atoms with Crippen molar-refractivity contribution in [3.05, 3.63) is 57.5 Å².